The van der Waals surface area contributed by atoms with Crippen molar-refractivity contribution in [1.82, 2.24) is 25.1 Å². The quantitative estimate of drug-likeness (QED) is 0.319. The molecule has 0 spiro atoms. The summed E-state index contributed by atoms with van der Waals surface area (Å²) < 4.78 is 12.7. The van der Waals surface area contributed by atoms with Crippen molar-refractivity contribution in [2.75, 3.05) is 19.5 Å². The van der Waals surface area contributed by atoms with Gasteiger partial charge in [-0.25, -0.2) is 9.97 Å². The van der Waals surface area contributed by atoms with Crippen LogP contribution in [-0.2, 0) is 6.54 Å². The molecule has 0 radical (unpaired) electrons. The zero-order valence-corrected chi connectivity index (χ0v) is 21.2. The van der Waals surface area contributed by atoms with Gasteiger partial charge in [0.15, 0.2) is 0 Å². The summed E-state index contributed by atoms with van der Waals surface area (Å²) in [5, 5.41) is 10.8. The highest BCUT2D eigenvalue weighted by Crippen LogP contribution is 2.31. The molecule has 2 aromatic carbocycles. The van der Waals surface area contributed by atoms with Crippen LogP contribution in [0.25, 0.3) is 11.3 Å². The minimum Gasteiger partial charge on any atom is -0.496 e. The number of amides is 1. The van der Waals surface area contributed by atoms with Gasteiger partial charge in [-0.1, -0.05) is 29.8 Å². The smallest absolute Gasteiger partial charge is 0.251 e. The Morgan fingerprint density at radius 2 is 1.86 bits per heavy atom. The molecule has 186 valence electrons. The second-order valence-corrected chi connectivity index (χ2v) is 8.63. The van der Waals surface area contributed by atoms with Gasteiger partial charge in [-0.2, -0.15) is 5.10 Å². The highest BCUT2D eigenvalue weighted by atomic mass is 35.5. The first-order valence-corrected chi connectivity index (χ1v) is 11.7. The fraction of sp³-hybridized carbons (Fsp3) is 0.231. The number of hydrogen-bond donors (Lipinski definition) is 2. The van der Waals surface area contributed by atoms with Crippen molar-refractivity contribution < 1.29 is 14.3 Å². The molecule has 0 unspecified atom stereocenters. The molecular formula is C26H27ClN6O3. The van der Waals surface area contributed by atoms with Crippen LogP contribution in [-0.4, -0.2) is 39.9 Å². The Hall–Kier alpha value is -4.11. The molecule has 2 heterocycles. The van der Waals surface area contributed by atoms with Gasteiger partial charge in [-0.05, 0) is 38.1 Å². The molecule has 1 amide bonds. The highest BCUT2D eigenvalue weighted by Gasteiger charge is 2.15. The van der Waals surface area contributed by atoms with Crippen LogP contribution in [0.2, 0.25) is 5.02 Å². The third-order valence-electron chi connectivity index (χ3n) is 5.49. The largest absolute Gasteiger partial charge is 0.496 e. The number of carbonyl (C=O) groups is 1. The van der Waals surface area contributed by atoms with E-state index in [4.69, 9.17) is 21.1 Å². The molecule has 0 aliphatic rings. The molecule has 0 bridgehead atoms. The number of hydrogen-bond acceptors (Lipinski definition) is 7. The van der Waals surface area contributed by atoms with Crippen LogP contribution in [0.15, 0.2) is 61.1 Å². The van der Waals surface area contributed by atoms with E-state index in [0.29, 0.717) is 46.0 Å². The number of rotatable bonds is 9. The Labute approximate surface area is 214 Å². The van der Waals surface area contributed by atoms with Gasteiger partial charge in [0.1, 0.15) is 11.5 Å². The summed E-state index contributed by atoms with van der Waals surface area (Å²) in [6, 6.07) is 12.8. The van der Waals surface area contributed by atoms with Crippen LogP contribution in [0.1, 0.15) is 35.8 Å². The zero-order chi connectivity index (χ0) is 25.7. The molecule has 9 nitrogen and oxygen atoms in total. The molecule has 0 atom stereocenters. The number of aromatic nitrogens is 4. The summed E-state index contributed by atoms with van der Waals surface area (Å²) in [5.41, 5.74) is 3.28. The fourth-order valence-electron chi connectivity index (χ4n) is 3.56. The minimum atomic E-state index is -0.238. The summed E-state index contributed by atoms with van der Waals surface area (Å²) >= 11 is 6.36. The van der Waals surface area contributed by atoms with E-state index in [1.807, 2.05) is 49.0 Å². The predicted molar refractivity (Wildman–Crippen MR) is 139 cm³/mol. The predicted octanol–water partition coefficient (Wildman–Crippen LogP) is 5.27. The number of carbonyl (C=O) groups excluding carboxylic acids is 1. The van der Waals surface area contributed by atoms with E-state index in [2.05, 4.69) is 25.7 Å². The van der Waals surface area contributed by atoms with Crippen LogP contribution in [0.4, 0.5) is 11.6 Å². The van der Waals surface area contributed by atoms with Crippen molar-refractivity contribution in [3.63, 3.8) is 0 Å². The molecule has 2 N–H and O–H groups in total. The van der Waals surface area contributed by atoms with Crippen LogP contribution in [0, 0.1) is 0 Å². The first-order chi connectivity index (χ1) is 17.4. The summed E-state index contributed by atoms with van der Waals surface area (Å²) in [6.45, 7) is 4.42. The summed E-state index contributed by atoms with van der Waals surface area (Å²) in [6.07, 6.45) is 5.14. The lowest BCUT2D eigenvalue weighted by atomic mass is 10.1. The number of para-hydroxylation sites is 1. The second kappa shape index (κ2) is 11.1. The molecule has 36 heavy (non-hydrogen) atoms. The van der Waals surface area contributed by atoms with Crippen LogP contribution < -0.4 is 20.1 Å². The Kier molecular flexibility index (Phi) is 7.70. The Bertz CT molecular complexity index is 1370. The number of halogens is 1. The molecule has 10 heteroatoms. The van der Waals surface area contributed by atoms with Gasteiger partial charge in [0.25, 0.3) is 5.91 Å². The van der Waals surface area contributed by atoms with Crippen molar-refractivity contribution in [3.8, 4) is 22.8 Å². The normalized spacial score (nSPS) is 10.8. The molecule has 0 aliphatic heterocycles. The van der Waals surface area contributed by atoms with Gasteiger partial charge in [0, 0.05) is 35.5 Å². The molecule has 0 saturated heterocycles. The SMILES string of the molecule is COc1ccccc1CNC(=O)c1ccc(Nc2ncc(Cl)c(-c3cnn(C(C)C)c3)n2)c(OC)c1. The Balaban J connectivity index is 1.51. The summed E-state index contributed by atoms with van der Waals surface area (Å²) in [4.78, 5) is 21.6. The van der Waals surface area contributed by atoms with Crippen molar-refractivity contribution in [3.05, 3.63) is 77.2 Å². The van der Waals surface area contributed by atoms with Crippen molar-refractivity contribution in [2.24, 2.45) is 0 Å². The second-order valence-electron chi connectivity index (χ2n) is 8.23. The van der Waals surface area contributed by atoms with Gasteiger partial charge < -0.3 is 20.1 Å². The molecule has 0 saturated carbocycles. The van der Waals surface area contributed by atoms with E-state index in [1.54, 1.807) is 31.5 Å². The van der Waals surface area contributed by atoms with Crippen molar-refractivity contribution in [1.29, 1.82) is 0 Å². The van der Waals surface area contributed by atoms with Crippen LogP contribution >= 0.6 is 11.6 Å². The third kappa shape index (κ3) is 5.58. The molecule has 2 aromatic heterocycles. The van der Waals surface area contributed by atoms with Crippen LogP contribution in [0.5, 0.6) is 11.5 Å². The van der Waals surface area contributed by atoms with Gasteiger partial charge in [-0.15, -0.1) is 0 Å². The lowest BCUT2D eigenvalue weighted by molar-refractivity contribution is 0.0950. The average Bonchev–Trinajstić information content (AvgIpc) is 3.39. The number of nitrogens with one attached hydrogen (secondary N) is 2. The number of ether oxygens (including phenoxy) is 2. The maximum Gasteiger partial charge on any atom is 0.251 e. The van der Waals surface area contributed by atoms with Gasteiger partial charge >= 0.3 is 0 Å². The third-order valence-corrected chi connectivity index (χ3v) is 5.77. The zero-order valence-electron chi connectivity index (χ0n) is 20.4. The van der Waals surface area contributed by atoms with Gasteiger partial charge in [0.05, 0.1) is 43.0 Å². The number of methoxy groups -OCH3 is 2. The van der Waals surface area contributed by atoms with E-state index >= 15 is 0 Å². The summed E-state index contributed by atoms with van der Waals surface area (Å²) in [5.74, 6) is 1.28. The number of nitrogens with zero attached hydrogens (tertiary/aromatic N) is 4. The maximum atomic E-state index is 12.8. The molecular weight excluding hydrogens is 480 g/mol. The van der Waals surface area contributed by atoms with Gasteiger partial charge in [-0.3, -0.25) is 9.48 Å². The van der Waals surface area contributed by atoms with E-state index in [-0.39, 0.29) is 11.9 Å². The van der Waals surface area contributed by atoms with E-state index in [1.165, 1.54) is 13.3 Å². The fourth-order valence-corrected chi connectivity index (χ4v) is 3.76. The minimum absolute atomic E-state index is 0.214. The lowest BCUT2D eigenvalue weighted by Crippen LogP contribution is -2.23. The first kappa shape index (κ1) is 25.0. The maximum absolute atomic E-state index is 12.8. The number of benzene rings is 2. The molecule has 4 rings (SSSR count). The first-order valence-electron chi connectivity index (χ1n) is 11.3. The number of anilines is 2. The summed E-state index contributed by atoms with van der Waals surface area (Å²) in [7, 11) is 3.13. The average molecular weight is 507 g/mol. The molecule has 4 aromatic rings. The lowest BCUT2D eigenvalue weighted by Gasteiger charge is -2.13. The van der Waals surface area contributed by atoms with Crippen LogP contribution in [0.3, 0.4) is 0 Å². The van der Waals surface area contributed by atoms with Crippen molar-refractivity contribution >= 4 is 29.1 Å². The topological polar surface area (TPSA) is 103 Å². The van der Waals surface area contributed by atoms with Gasteiger partial charge in [0.2, 0.25) is 5.95 Å². The Morgan fingerprint density at radius 3 is 2.58 bits per heavy atom. The van der Waals surface area contributed by atoms with E-state index in [9.17, 15) is 4.79 Å². The van der Waals surface area contributed by atoms with E-state index in [0.717, 1.165) is 11.1 Å². The Morgan fingerprint density at radius 1 is 1.08 bits per heavy atom. The standard InChI is InChI=1S/C26H27ClN6O3/c1-16(2)33-15-19(13-30-33)24-20(27)14-29-26(32-24)31-21-10-9-17(11-23(21)36-4)25(34)28-12-18-7-5-6-8-22(18)35-3/h5-11,13-16H,12H2,1-4H3,(H,28,34)(H,29,31,32). The monoisotopic (exact) mass is 506 g/mol. The van der Waals surface area contributed by atoms with Crippen molar-refractivity contribution in [2.45, 2.75) is 26.4 Å². The van der Waals surface area contributed by atoms with E-state index < -0.39 is 0 Å². The molecule has 0 aliphatic carbocycles. The highest BCUT2D eigenvalue weighted by molar-refractivity contribution is 6.32. The molecule has 0 fully saturated rings.